The molecule has 1 aliphatic carbocycles. The summed E-state index contributed by atoms with van der Waals surface area (Å²) in [5, 5.41) is 0.750. The van der Waals surface area contributed by atoms with Gasteiger partial charge in [-0.15, -0.1) is 0 Å². The summed E-state index contributed by atoms with van der Waals surface area (Å²) >= 11 is 6.36. The van der Waals surface area contributed by atoms with Gasteiger partial charge in [0.2, 0.25) is 5.91 Å². The largest absolute Gasteiger partial charge is 0.339 e. The zero-order valence-electron chi connectivity index (χ0n) is 13.3. The maximum absolute atomic E-state index is 12.8. The Balaban J connectivity index is 1.62. The van der Waals surface area contributed by atoms with Crippen LogP contribution >= 0.6 is 11.6 Å². The maximum atomic E-state index is 12.8. The highest BCUT2D eigenvalue weighted by molar-refractivity contribution is 6.31. The van der Waals surface area contributed by atoms with E-state index in [0.29, 0.717) is 23.8 Å². The zero-order chi connectivity index (χ0) is 16.0. The van der Waals surface area contributed by atoms with Gasteiger partial charge in [0.15, 0.2) is 0 Å². The van der Waals surface area contributed by atoms with E-state index < -0.39 is 0 Å². The monoisotopic (exact) mass is 334 g/mol. The molecule has 0 bridgehead atoms. The molecule has 4 rings (SSSR count). The van der Waals surface area contributed by atoms with E-state index in [-0.39, 0.29) is 12.0 Å². The van der Waals surface area contributed by atoms with Gasteiger partial charge < -0.3 is 4.90 Å². The van der Waals surface area contributed by atoms with E-state index in [1.54, 1.807) is 6.20 Å². The van der Waals surface area contributed by atoms with Gasteiger partial charge in [-0.25, -0.2) is 0 Å². The van der Waals surface area contributed by atoms with E-state index in [4.69, 9.17) is 11.6 Å². The van der Waals surface area contributed by atoms with Crippen LogP contribution in [0.15, 0.2) is 18.5 Å². The summed E-state index contributed by atoms with van der Waals surface area (Å²) in [6, 6.07) is 2.63. The molecule has 1 amide bonds. The van der Waals surface area contributed by atoms with Crippen molar-refractivity contribution in [2.24, 2.45) is 11.8 Å². The molecule has 0 aromatic carbocycles. The normalized spacial score (nSPS) is 36.7. The number of carbonyl (C=O) groups excluding carboxylic acids is 1. The molecule has 5 unspecified atom stereocenters. The molecule has 0 spiro atoms. The van der Waals surface area contributed by atoms with Crippen molar-refractivity contribution in [1.29, 1.82) is 0 Å². The van der Waals surface area contributed by atoms with Gasteiger partial charge >= 0.3 is 0 Å². The lowest BCUT2D eigenvalue weighted by atomic mass is 9.67. The van der Waals surface area contributed by atoms with Gasteiger partial charge in [-0.3, -0.25) is 20.6 Å². The number of rotatable bonds is 2. The third-order valence-electron chi connectivity index (χ3n) is 5.94. The number of hydrogen-bond donors (Lipinski definition) is 2. The third kappa shape index (κ3) is 2.46. The Kier molecular flexibility index (Phi) is 4.03. The molecule has 23 heavy (non-hydrogen) atoms. The molecule has 2 saturated heterocycles. The first-order chi connectivity index (χ1) is 11.2. The van der Waals surface area contributed by atoms with Crippen molar-refractivity contribution >= 4 is 17.5 Å². The quantitative estimate of drug-likeness (QED) is 0.868. The molecule has 3 fully saturated rings. The summed E-state index contributed by atoms with van der Waals surface area (Å²) in [5.41, 5.74) is 7.75. The summed E-state index contributed by atoms with van der Waals surface area (Å²) in [5.74, 6) is 1.35. The summed E-state index contributed by atoms with van der Waals surface area (Å²) in [7, 11) is 0. The molecule has 1 aromatic heterocycles. The molecule has 1 aromatic rings. The van der Waals surface area contributed by atoms with Crippen LogP contribution in [0.1, 0.15) is 37.7 Å². The number of halogens is 1. The van der Waals surface area contributed by atoms with Crippen molar-refractivity contribution in [1.82, 2.24) is 20.7 Å². The summed E-state index contributed by atoms with van der Waals surface area (Å²) in [6.07, 6.45) is 6.80. The fourth-order valence-corrected chi connectivity index (χ4v) is 5.15. The van der Waals surface area contributed by atoms with E-state index in [9.17, 15) is 4.79 Å². The minimum Gasteiger partial charge on any atom is -0.339 e. The van der Waals surface area contributed by atoms with Crippen LogP contribution in [-0.2, 0) is 4.79 Å². The minimum atomic E-state index is 0.0947. The average Bonchev–Trinajstić information content (AvgIpc) is 3.05. The molecule has 5 atom stereocenters. The molecule has 124 valence electrons. The van der Waals surface area contributed by atoms with Gasteiger partial charge in [0.25, 0.3) is 0 Å². The van der Waals surface area contributed by atoms with Gasteiger partial charge in [-0.1, -0.05) is 11.6 Å². The molecule has 2 N–H and O–H groups in total. The van der Waals surface area contributed by atoms with E-state index in [2.05, 4.69) is 27.7 Å². The number of fused-ring (bicyclic) bond motifs is 3. The lowest BCUT2D eigenvalue weighted by Crippen LogP contribution is -2.61. The summed E-state index contributed by atoms with van der Waals surface area (Å²) in [4.78, 5) is 19.0. The lowest BCUT2D eigenvalue weighted by Gasteiger charge is -2.50. The minimum absolute atomic E-state index is 0.0947. The van der Waals surface area contributed by atoms with Crippen LogP contribution in [0.25, 0.3) is 0 Å². The molecule has 6 heteroatoms. The Morgan fingerprint density at radius 1 is 1.43 bits per heavy atom. The van der Waals surface area contributed by atoms with Gasteiger partial charge in [0, 0.05) is 37.6 Å². The van der Waals surface area contributed by atoms with Crippen LogP contribution in [0.3, 0.4) is 0 Å². The predicted molar refractivity (Wildman–Crippen MR) is 88.9 cm³/mol. The van der Waals surface area contributed by atoms with E-state index in [1.165, 1.54) is 5.56 Å². The number of hydrogen-bond acceptors (Lipinski definition) is 4. The number of piperidine rings is 1. The number of nitrogens with one attached hydrogen (secondary N) is 2. The van der Waals surface area contributed by atoms with Gasteiger partial charge in [0.1, 0.15) is 0 Å². The van der Waals surface area contributed by atoms with Crippen LogP contribution in [0, 0.1) is 11.8 Å². The van der Waals surface area contributed by atoms with Crippen molar-refractivity contribution in [2.75, 3.05) is 13.1 Å². The molecular formula is C17H23ClN4O. The fourth-order valence-electron chi connectivity index (χ4n) is 4.87. The Hall–Kier alpha value is -1.17. The summed E-state index contributed by atoms with van der Waals surface area (Å²) < 4.78 is 0. The number of likely N-dealkylation sites (tertiary alicyclic amines) is 1. The molecule has 1 saturated carbocycles. The third-order valence-corrected chi connectivity index (χ3v) is 6.25. The second-order valence-electron chi connectivity index (χ2n) is 6.92. The van der Waals surface area contributed by atoms with Crippen molar-refractivity contribution in [3.63, 3.8) is 0 Å². The first kappa shape index (κ1) is 15.4. The van der Waals surface area contributed by atoms with Crippen LogP contribution < -0.4 is 10.9 Å². The van der Waals surface area contributed by atoms with Crippen molar-refractivity contribution in [3.8, 4) is 0 Å². The second-order valence-corrected chi connectivity index (χ2v) is 7.33. The Labute approximate surface area is 141 Å². The molecule has 2 aliphatic heterocycles. The van der Waals surface area contributed by atoms with Crippen LogP contribution in [-0.4, -0.2) is 41.0 Å². The second kappa shape index (κ2) is 6.04. The summed E-state index contributed by atoms with van der Waals surface area (Å²) in [6.45, 7) is 3.64. The number of hydrazine groups is 1. The molecule has 0 radical (unpaired) electrons. The van der Waals surface area contributed by atoms with E-state index >= 15 is 0 Å². The molecule has 3 heterocycles. The van der Waals surface area contributed by atoms with Crippen molar-refractivity contribution < 1.29 is 4.79 Å². The maximum Gasteiger partial charge on any atom is 0.228 e. The molecule has 3 aliphatic rings. The Morgan fingerprint density at radius 3 is 3.09 bits per heavy atom. The predicted octanol–water partition coefficient (Wildman–Crippen LogP) is 1.94. The number of nitrogens with zero attached hydrogens (tertiary/aromatic N) is 2. The fraction of sp³-hybridized carbons (Fsp3) is 0.647. The smallest absolute Gasteiger partial charge is 0.228 e. The molecular weight excluding hydrogens is 312 g/mol. The first-order valence-electron chi connectivity index (χ1n) is 8.59. The highest BCUT2D eigenvalue weighted by Crippen LogP contribution is 2.45. The zero-order valence-corrected chi connectivity index (χ0v) is 14.1. The number of aromatic nitrogens is 1. The lowest BCUT2D eigenvalue weighted by molar-refractivity contribution is -0.146. The molecule has 5 nitrogen and oxygen atoms in total. The SMILES string of the molecule is CCN1C(=O)C2CNNC2C2CCC(c3ccncc3Cl)CC21. The highest BCUT2D eigenvalue weighted by Gasteiger charge is 2.51. The number of pyridine rings is 1. The van der Waals surface area contributed by atoms with Crippen LogP contribution in [0.4, 0.5) is 0 Å². The van der Waals surface area contributed by atoms with Gasteiger partial charge in [0.05, 0.1) is 10.9 Å². The van der Waals surface area contributed by atoms with Crippen LogP contribution in [0.5, 0.6) is 0 Å². The van der Waals surface area contributed by atoms with Crippen molar-refractivity contribution in [2.45, 2.75) is 44.2 Å². The Bertz CT molecular complexity index is 610. The van der Waals surface area contributed by atoms with E-state index in [0.717, 1.165) is 37.4 Å². The standard InChI is InChI=1S/C17H23ClN4O/c1-2-22-15-7-10(11-5-6-19-9-14(11)18)3-4-12(15)16-13(17(22)23)8-20-21-16/h5-6,9-10,12-13,15-16,20-21H,2-4,7-8H2,1H3. The Morgan fingerprint density at radius 2 is 2.30 bits per heavy atom. The highest BCUT2D eigenvalue weighted by atomic mass is 35.5. The van der Waals surface area contributed by atoms with E-state index in [1.807, 2.05) is 12.3 Å². The number of amides is 1. The first-order valence-corrected chi connectivity index (χ1v) is 8.96. The average molecular weight is 335 g/mol. The van der Waals surface area contributed by atoms with Gasteiger partial charge in [-0.2, -0.15) is 0 Å². The van der Waals surface area contributed by atoms with Crippen LogP contribution in [0.2, 0.25) is 5.02 Å². The number of carbonyl (C=O) groups is 1. The van der Waals surface area contributed by atoms with Crippen molar-refractivity contribution in [3.05, 3.63) is 29.0 Å². The van der Waals surface area contributed by atoms with Gasteiger partial charge in [-0.05, 0) is 49.7 Å². The topological polar surface area (TPSA) is 57.3 Å².